The predicted molar refractivity (Wildman–Crippen MR) is 56.6 cm³/mol. The molecule has 0 radical (unpaired) electrons. The van der Waals surface area contributed by atoms with Gasteiger partial charge in [-0.3, -0.25) is 4.90 Å². The van der Waals surface area contributed by atoms with Crippen molar-refractivity contribution in [3.63, 3.8) is 0 Å². The normalized spacial score (nSPS) is 21.1. The zero-order valence-corrected chi connectivity index (χ0v) is 8.79. The molecule has 1 aliphatic heterocycles. The number of aliphatic hydroxyl groups excluding tert-OH is 1. The fraction of sp³-hybridized carbons (Fsp3) is 0.400. The number of rotatable bonds is 0. The zero-order valence-electron chi connectivity index (χ0n) is 7.97. The van der Waals surface area contributed by atoms with Crippen LogP contribution in [0, 0.1) is 0 Å². The molecular formula is C10H14ClNO2. The fourth-order valence-corrected chi connectivity index (χ4v) is 1.80. The van der Waals surface area contributed by atoms with Crippen LogP contribution < -0.4 is 0 Å². The van der Waals surface area contributed by atoms with Crippen molar-refractivity contribution >= 4 is 12.4 Å². The van der Waals surface area contributed by atoms with Gasteiger partial charge < -0.3 is 10.2 Å². The van der Waals surface area contributed by atoms with Gasteiger partial charge in [-0.2, -0.15) is 0 Å². The largest absolute Gasteiger partial charge is 0.508 e. The van der Waals surface area contributed by atoms with Crippen molar-refractivity contribution in [2.75, 3.05) is 13.6 Å². The summed E-state index contributed by atoms with van der Waals surface area (Å²) in [4.78, 5) is 1.99. The molecular weight excluding hydrogens is 202 g/mol. The molecule has 0 aromatic heterocycles. The standard InChI is InChI=1S/C10H13NO2.ClH/c1-11-5-8-7(10(13)6-11)3-2-4-9(8)12;/h2-4,10,12-13H,5-6H2,1H3;1H/t10-;/m0./s1. The van der Waals surface area contributed by atoms with Crippen LogP contribution in [-0.2, 0) is 6.54 Å². The summed E-state index contributed by atoms with van der Waals surface area (Å²) in [5.74, 6) is 0.281. The summed E-state index contributed by atoms with van der Waals surface area (Å²) in [6.07, 6.45) is -0.471. The number of phenolic OH excluding ortho intramolecular Hbond substituents is 1. The number of hydrogen-bond donors (Lipinski definition) is 2. The molecule has 1 aromatic rings. The smallest absolute Gasteiger partial charge is 0.120 e. The summed E-state index contributed by atoms with van der Waals surface area (Å²) in [7, 11) is 1.93. The van der Waals surface area contributed by atoms with Gasteiger partial charge in [0.25, 0.3) is 0 Å². The minimum atomic E-state index is -0.471. The van der Waals surface area contributed by atoms with Crippen LogP contribution in [0.15, 0.2) is 18.2 Å². The number of fused-ring (bicyclic) bond motifs is 1. The number of aliphatic hydroxyl groups is 1. The molecule has 1 aliphatic rings. The van der Waals surface area contributed by atoms with E-state index in [1.54, 1.807) is 12.1 Å². The van der Waals surface area contributed by atoms with Gasteiger partial charge in [0.15, 0.2) is 0 Å². The summed E-state index contributed by atoms with van der Waals surface area (Å²) in [6.45, 7) is 1.34. The second-order valence-electron chi connectivity index (χ2n) is 3.56. The van der Waals surface area contributed by atoms with Crippen LogP contribution in [0.2, 0.25) is 0 Å². The number of β-amino-alcohol motifs (C(OH)–C–C–N with tert-alkyl or cyclic N) is 1. The molecule has 0 amide bonds. The Bertz CT molecular complexity index is 330. The molecule has 0 fully saturated rings. The third-order valence-electron chi connectivity index (χ3n) is 2.46. The molecule has 2 rings (SSSR count). The summed E-state index contributed by atoms with van der Waals surface area (Å²) in [5.41, 5.74) is 1.71. The summed E-state index contributed by atoms with van der Waals surface area (Å²) < 4.78 is 0. The maximum Gasteiger partial charge on any atom is 0.120 e. The summed E-state index contributed by atoms with van der Waals surface area (Å²) in [5, 5.41) is 19.3. The third-order valence-corrected chi connectivity index (χ3v) is 2.46. The van der Waals surface area contributed by atoms with E-state index in [-0.39, 0.29) is 18.2 Å². The van der Waals surface area contributed by atoms with E-state index in [0.29, 0.717) is 13.1 Å². The van der Waals surface area contributed by atoms with Gasteiger partial charge in [0.2, 0.25) is 0 Å². The van der Waals surface area contributed by atoms with E-state index in [1.807, 2.05) is 18.0 Å². The number of phenols is 1. The Labute approximate surface area is 89.4 Å². The van der Waals surface area contributed by atoms with Crippen LogP contribution in [0.25, 0.3) is 0 Å². The van der Waals surface area contributed by atoms with Gasteiger partial charge in [-0.1, -0.05) is 12.1 Å². The van der Waals surface area contributed by atoms with E-state index in [4.69, 9.17) is 0 Å². The number of aromatic hydroxyl groups is 1. The maximum atomic E-state index is 9.70. The van der Waals surface area contributed by atoms with Crippen LogP contribution >= 0.6 is 12.4 Å². The van der Waals surface area contributed by atoms with Crippen molar-refractivity contribution in [3.8, 4) is 5.75 Å². The number of halogens is 1. The lowest BCUT2D eigenvalue weighted by molar-refractivity contribution is 0.106. The molecule has 0 bridgehead atoms. The van der Waals surface area contributed by atoms with Crippen LogP contribution in [0.3, 0.4) is 0 Å². The second-order valence-corrected chi connectivity index (χ2v) is 3.56. The van der Waals surface area contributed by atoms with Crippen molar-refractivity contribution in [2.45, 2.75) is 12.6 Å². The molecule has 0 saturated carbocycles. The lowest BCUT2D eigenvalue weighted by Crippen LogP contribution is -2.30. The van der Waals surface area contributed by atoms with Crippen molar-refractivity contribution in [1.82, 2.24) is 4.90 Å². The van der Waals surface area contributed by atoms with Gasteiger partial charge in [-0.15, -0.1) is 12.4 Å². The highest BCUT2D eigenvalue weighted by molar-refractivity contribution is 5.85. The third kappa shape index (κ3) is 1.85. The summed E-state index contributed by atoms with van der Waals surface area (Å²) >= 11 is 0. The SMILES string of the molecule is CN1Cc2c(O)cccc2[C@@H](O)C1.Cl. The Morgan fingerprint density at radius 2 is 2.14 bits per heavy atom. The highest BCUT2D eigenvalue weighted by Crippen LogP contribution is 2.31. The molecule has 1 heterocycles. The molecule has 1 atom stereocenters. The molecule has 4 heteroatoms. The maximum absolute atomic E-state index is 9.70. The predicted octanol–water partition coefficient (Wildman–Crippen LogP) is 1.29. The molecule has 0 unspecified atom stereocenters. The first-order valence-corrected chi connectivity index (χ1v) is 4.36. The fourth-order valence-electron chi connectivity index (χ4n) is 1.80. The highest BCUT2D eigenvalue weighted by atomic mass is 35.5. The van der Waals surface area contributed by atoms with E-state index in [0.717, 1.165) is 11.1 Å². The Balaban J connectivity index is 0.000000980. The second kappa shape index (κ2) is 4.17. The number of hydrogen-bond acceptors (Lipinski definition) is 3. The number of likely N-dealkylation sites (N-methyl/N-ethyl adjacent to an activating group) is 1. The lowest BCUT2D eigenvalue weighted by Gasteiger charge is -2.29. The molecule has 0 saturated heterocycles. The van der Waals surface area contributed by atoms with Crippen LogP contribution in [0.4, 0.5) is 0 Å². The van der Waals surface area contributed by atoms with E-state index < -0.39 is 6.10 Å². The number of nitrogens with zero attached hydrogens (tertiary/aromatic N) is 1. The molecule has 1 aromatic carbocycles. The van der Waals surface area contributed by atoms with Crippen LogP contribution in [-0.4, -0.2) is 28.7 Å². The van der Waals surface area contributed by atoms with Gasteiger partial charge in [0.1, 0.15) is 5.75 Å². The Morgan fingerprint density at radius 1 is 1.43 bits per heavy atom. The van der Waals surface area contributed by atoms with E-state index in [9.17, 15) is 10.2 Å². The molecule has 78 valence electrons. The molecule has 0 aliphatic carbocycles. The Kier molecular flexibility index (Phi) is 3.37. The van der Waals surface area contributed by atoms with Crippen LogP contribution in [0.5, 0.6) is 5.75 Å². The van der Waals surface area contributed by atoms with E-state index >= 15 is 0 Å². The first kappa shape index (κ1) is 11.3. The lowest BCUT2D eigenvalue weighted by atomic mass is 9.97. The van der Waals surface area contributed by atoms with Gasteiger partial charge >= 0.3 is 0 Å². The Hall–Kier alpha value is -0.770. The molecule has 14 heavy (non-hydrogen) atoms. The highest BCUT2D eigenvalue weighted by Gasteiger charge is 2.22. The molecule has 2 N–H and O–H groups in total. The molecule has 3 nitrogen and oxygen atoms in total. The van der Waals surface area contributed by atoms with Crippen molar-refractivity contribution in [3.05, 3.63) is 29.3 Å². The topological polar surface area (TPSA) is 43.7 Å². The zero-order chi connectivity index (χ0) is 9.42. The molecule has 0 spiro atoms. The quantitative estimate of drug-likeness (QED) is 0.686. The van der Waals surface area contributed by atoms with E-state index in [1.165, 1.54) is 0 Å². The Morgan fingerprint density at radius 3 is 2.86 bits per heavy atom. The van der Waals surface area contributed by atoms with Gasteiger partial charge in [0.05, 0.1) is 6.10 Å². The monoisotopic (exact) mass is 215 g/mol. The van der Waals surface area contributed by atoms with Gasteiger partial charge in [0, 0.05) is 18.7 Å². The van der Waals surface area contributed by atoms with Crippen molar-refractivity contribution in [2.24, 2.45) is 0 Å². The minimum absolute atomic E-state index is 0. The first-order valence-electron chi connectivity index (χ1n) is 4.36. The first-order chi connectivity index (χ1) is 6.18. The average molecular weight is 216 g/mol. The average Bonchev–Trinajstić information content (AvgIpc) is 2.07. The minimum Gasteiger partial charge on any atom is -0.508 e. The summed E-state index contributed by atoms with van der Waals surface area (Å²) in [6, 6.07) is 5.29. The van der Waals surface area contributed by atoms with Crippen molar-refractivity contribution < 1.29 is 10.2 Å². The van der Waals surface area contributed by atoms with Crippen LogP contribution in [0.1, 0.15) is 17.2 Å². The van der Waals surface area contributed by atoms with E-state index in [2.05, 4.69) is 0 Å². The van der Waals surface area contributed by atoms with Crippen molar-refractivity contribution in [1.29, 1.82) is 0 Å². The van der Waals surface area contributed by atoms with Gasteiger partial charge in [-0.05, 0) is 18.7 Å². The van der Waals surface area contributed by atoms with Gasteiger partial charge in [-0.25, -0.2) is 0 Å². The number of benzene rings is 1.